The van der Waals surface area contributed by atoms with Crippen molar-refractivity contribution in [1.82, 2.24) is 14.8 Å². The molecule has 0 radical (unpaired) electrons. The molecule has 0 N–H and O–H groups in total. The van der Waals surface area contributed by atoms with E-state index in [2.05, 4.69) is 4.98 Å². The molecule has 0 aliphatic carbocycles. The maximum atomic E-state index is 12.7. The van der Waals surface area contributed by atoms with Gasteiger partial charge in [-0.15, -0.1) is 11.8 Å². The van der Waals surface area contributed by atoms with Gasteiger partial charge in [-0.1, -0.05) is 6.07 Å². The average molecular weight is 422 g/mol. The number of hydrogen-bond donors (Lipinski definition) is 0. The Morgan fingerprint density at radius 2 is 2.14 bits per heavy atom. The number of aromatic nitrogens is 1. The van der Waals surface area contributed by atoms with Crippen molar-refractivity contribution >= 4 is 23.8 Å². The van der Waals surface area contributed by atoms with Crippen molar-refractivity contribution in [3.8, 4) is 0 Å². The number of hydrogen-bond acceptors (Lipinski definition) is 5. The van der Waals surface area contributed by atoms with Gasteiger partial charge in [-0.05, 0) is 65.0 Å². The second kappa shape index (κ2) is 10.9. The standard InChI is InChI=1S/C22H35N3O3S/c1-17(2)25(21(27)28-22(3,4)5)14-19-9-7-11-24(13-19)20(26)16-29-15-18-8-6-10-23-12-18/h6,8,10,12,17,19H,7,9,11,13-16H2,1-5H3. The summed E-state index contributed by atoms with van der Waals surface area (Å²) in [7, 11) is 0. The summed E-state index contributed by atoms with van der Waals surface area (Å²) in [6.45, 7) is 11.8. The highest BCUT2D eigenvalue weighted by Crippen LogP contribution is 2.22. The summed E-state index contributed by atoms with van der Waals surface area (Å²) in [6.07, 6.45) is 5.32. The van der Waals surface area contributed by atoms with Crippen LogP contribution in [0.5, 0.6) is 0 Å². The first-order valence-corrected chi connectivity index (χ1v) is 11.5. The Hall–Kier alpha value is -1.76. The predicted molar refractivity (Wildman–Crippen MR) is 118 cm³/mol. The molecule has 2 rings (SSSR count). The monoisotopic (exact) mass is 421 g/mol. The van der Waals surface area contributed by atoms with Gasteiger partial charge in [0.25, 0.3) is 0 Å². The van der Waals surface area contributed by atoms with Crippen LogP contribution in [0.15, 0.2) is 24.5 Å². The predicted octanol–water partition coefficient (Wildman–Crippen LogP) is 4.20. The van der Waals surface area contributed by atoms with Crippen molar-refractivity contribution in [3.63, 3.8) is 0 Å². The summed E-state index contributed by atoms with van der Waals surface area (Å²) >= 11 is 1.62. The highest BCUT2D eigenvalue weighted by molar-refractivity contribution is 7.99. The third-order valence-electron chi connectivity index (χ3n) is 4.80. The molecule has 0 bridgehead atoms. The highest BCUT2D eigenvalue weighted by Gasteiger charge is 2.30. The number of pyridine rings is 1. The largest absolute Gasteiger partial charge is 0.444 e. The first-order valence-electron chi connectivity index (χ1n) is 10.4. The van der Waals surface area contributed by atoms with E-state index in [1.54, 1.807) is 22.9 Å². The highest BCUT2D eigenvalue weighted by atomic mass is 32.2. The molecule has 6 nitrogen and oxygen atoms in total. The van der Waals surface area contributed by atoms with Crippen LogP contribution in [-0.2, 0) is 15.3 Å². The molecule has 1 atom stereocenters. The fourth-order valence-corrected chi connectivity index (χ4v) is 4.23. The summed E-state index contributed by atoms with van der Waals surface area (Å²) in [5, 5.41) is 0. The molecule has 1 saturated heterocycles. The van der Waals surface area contributed by atoms with Gasteiger partial charge in [-0.3, -0.25) is 9.78 Å². The van der Waals surface area contributed by atoms with Gasteiger partial charge in [0.1, 0.15) is 5.60 Å². The number of carbonyl (C=O) groups is 2. The molecule has 1 unspecified atom stereocenters. The Kier molecular flexibility index (Phi) is 8.80. The maximum Gasteiger partial charge on any atom is 0.410 e. The van der Waals surface area contributed by atoms with Crippen LogP contribution in [0.1, 0.15) is 53.0 Å². The number of thioether (sulfide) groups is 1. The molecule has 0 spiro atoms. The van der Waals surface area contributed by atoms with Crippen molar-refractivity contribution in [3.05, 3.63) is 30.1 Å². The second-order valence-corrected chi connectivity index (χ2v) is 9.91. The first-order chi connectivity index (χ1) is 13.7. The molecule has 7 heteroatoms. The normalized spacial score (nSPS) is 17.3. The van der Waals surface area contributed by atoms with Crippen LogP contribution in [-0.4, -0.2) is 63.8 Å². The van der Waals surface area contributed by atoms with Gasteiger partial charge in [-0.25, -0.2) is 4.79 Å². The summed E-state index contributed by atoms with van der Waals surface area (Å²) in [4.78, 5) is 33.1. The number of rotatable bonds is 7. The Morgan fingerprint density at radius 3 is 2.76 bits per heavy atom. The molecule has 1 aliphatic rings. The van der Waals surface area contributed by atoms with E-state index in [1.807, 2.05) is 57.8 Å². The molecule has 2 heterocycles. The van der Waals surface area contributed by atoms with Gasteiger partial charge < -0.3 is 14.5 Å². The maximum absolute atomic E-state index is 12.7. The fourth-order valence-electron chi connectivity index (χ4n) is 3.37. The summed E-state index contributed by atoms with van der Waals surface area (Å²) in [5.74, 6) is 1.72. The molecule has 0 aromatic carbocycles. The minimum Gasteiger partial charge on any atom is -0.444 e. The third kappa shape index (κ3) is 8.25. The lowest BCUT2D eigenvalue weighted by atomic mass is 9.97. The second-order valence-electron chi connectivity index (χ2n) is 8.93. The molecular formula is C22H35N3O3S. The van der Waals surface area contributed by atoms with Gasteiger partial charge in [0, 0.05) is 43.8 Å². The average Bonchev–Trinajstić information content (AvgIpc) is 2.65. The molecular weight excluding hydrogens is 386 g/mol. The lowest BCUT2D eigenvalue weighted by Gasteiger charge is -2.37. The van der Waals surface area contributed by atoms with Crippen LogP contribution >= 0.6 is 11.8 Å². The third-order valence-corrected chi connectivity index (χ3v) is 5.78. The smallest absolute Gasteiger partial charge is 0.410 e. The number of carbonyl (C=O) groups excluding carboxylic acids is 2. The number of piperidine rings is 1. The molecule has 1 aromatic rings. The zero-order valence-corrected chi connectivity index (χ0v) is 19.2. The molecule has 0 saturated carbocycles. The van der Waals surface area contributed by atoms with Crippen molar-refractivity contribution in [2.24, 2.45) is 5.92 Å². The van der Waals surface area contributed by atoms with Crippen LogP contribution in [0.2, 0.25) is 0 Å². The zero-order chi connectivity index (χ0) is 21.4. The van der Waals surface area contributed by atoms with Crippen LogP contribution < -0.4 is 0 Å². The first kappa shape index (κ1) is 23.5. The SMILES string of the molecule is CC(C)N(CC1CCCN(C(=O)CSCc2cccnc2)C1)C(=O)OC(C)(C)C. The number of ether oxygens (including phenoxy) is 1. The zero-order valence-electron chi connectivity index (χ0n) is 18.4. The van der Waals surface area contributed by atoms with Crippen LogP contribution in [0, 0.1) is 5.92 Å². The lowest BCUT2D eigenvalue weighted by Crippen LogP contribution is -2.48. The molecule has 1 fully saturated rings. The minimum absolute atomic E-state index is 0.0611. The summed E-state index contributed by atoms with van der Waals surface area (Å²) in [6, 6.07) is 4.00. The van der Waals surface area contributed by atoms with Crippen molar-refractivity contribution in [1.29, 1.82) is 0 Å². The van der Waals surface area contributed by atoms with Gasteiger partial charge in [0.05, 0.1) is 5.75 Å². The van der Waals surface area contributed by atoms with E-state index in [4.69, 9.17) is 4.74 Å². The van der Waals surface area contributed by atoms with Gasteiger partial charge >= 0.3 is 6.09 Å². The molecule has 29 heavy (non-hydrogen) atoms. The van der Waals surface area contributed by atoms with Gasteiger partial charge in [-0.2, -0.15) is 0 Å². The lowest BCUT2D eigenvalue weighted by molar-refractivity contribution is -0.130. The molecule has 162 valence electrons. The van der Waals surface area contributed by atoms with E-state index < -0.39 is 5.60 Å². The number of likely N-dealkylation sites (tertiary alicyclic amines) is 1. The Morgan fingerprint density at radius 1 is 1.38 bits per heavy atom. The fraction of sp³-hybridized carbons (Fsp3) is 0.682. The van der Waals surface area contributed by atoms with Crippen LogP contribution in [0.3, 0.4) is 0 Å². The van der Waals surface area contributed by atoms with E-state index in [0.29, 0.717) is 18.8 Å². The van der Waals surface area contributed by atoms with E-state index in [0.717, 1.165) is 30.7 Å². The van der Waals surface area contributed by atoms with Crippen LogP contribution in [0.4, 0.5) is 4.79 Å². The van der Waals surface area contributed by atoms with E-state index in [-0.39, 0.29) is 24.0 Å². The molecule has 1 aromatic heterocycles. The van der Waals surface area contributed by atoms with Crippen molar-refractivity contribution < 1.29 is 14.3 Å². The van der Waals surface area contributed by atoms with Gasteiger partial charge in [0.15, 0.2) is 0 Å². The molecule has 2 amide bonds. The van der Waals surface area contributed by atoms with E-state index in [1.165, 1.54) is 0 Å². The van der Waals surface area contributed by atoms with Crippen LogP contribution in [0.25, 0.3) is 0 Å². The number of amides is 2. The summed E-state index contributed by atoms with van der Waals surface area (Å²) < 4.78 is 5.57. The summed E-state index contributed by atoms with van der Waals surface area (Å²) in [5.41, 5.74) is 0.622. The quantitative estimate of drug-likeness (QED) is 0.660. The topological polar surface area (TPSA) is 62.7 Å². The van der Waals surface area contributed by atoms with Crippen molar-refractivity contribution in [2.75, 3.05) is 25.4 Å². The Bertz CT molecular complexity index is 661. The molecule has 1 aliphatic heterocycles. The minimum atomic E-state index is -0.510. The van der Waals surface area contributed by atoms with E-state index >= 15 is 0 Å². The Labute approximate surface area is 179 Å². The van der Waals surface area contributed by atoms with Gasteiger partial charge in [0.2, 0.25) is 5.91 Å². The number of nitrogens with zero attached hydrogens (tertiary/aromatic N) is 3. The van der Waals surface area contributed by atoms with Crippen molar-refractivity contribution in [2.45, 2.75) is 64.9 Å². The Balaban J connectivity index is 1.84. The van der Waals surface area contributed by atoms with E-state index in [9.17, 15) is 9.59 Å².